The number of carbonyl (C=O) groups excluding carboxylic acids is 2. The fraction of sp³-hybridized carbons (Fsp3) is 0.333. The quantitative estimate of drug-likeness (QED) is 0.561. The number of aldehydes is 1. The van der Waals surface area contributed by atoms with Gasteiger partial charge < -0.3 is 21.0 Å². The van der Waals surface area contributed by atoms with Crippen LogP contribution in [0.5, 0.6) is 0 Å². The summed E-state index contributed by atoms with van der Waals surface area (Å²) in [6.07, 6.45) is 1.56. The smallest absolute Gasteiger partial charge is 0.310 e. The monoisotopic (exact) mass is 352 g/mol. The van der Waals surface area contributed by atoms with Gasteiger partial charge in [0.25, 0.3) is 0 Å². The summed E-state index contributed by atoms with van der Waals surface area (Å²) < 4.78 is 5.61. The summed E-state index contributed by atoms with van der Waals surface area (Å²) in [6, 6.07) is 15.8. The number of ether oxygens (including phenoxy) is 1. The SMILES string of the molecule is NCC(CC[C@H](N)C=O)C(=O)OCC1c2ccccc2-c2ccccc21. The summed E-state index contributed by atoms with van der Waals surface area (Å²) >= 11 is 0. The Morgan fingerprint density at radius 1 is 1.04 bits per heavy atom. The van der Waals surface area contributed by atoms with Gasteiger partial charge in [-0.05, 0) is 35.1 Å². The van der Waals surface area contributed by atoms with Crippen molar-refractivity contribution in [2.24, 2.45) is 17.4 Å². The maximum atomic E-state index is 12.4. The molecule has 136 valence electrons. The van der Waals surface area contributed by atoms with E-state index in [-0.39, 0.29) is 25.0 Å². The Morgan fingerprint density at radius 3 is 2.15 bits per heavy atom. The molecule has 0 aliphatic heterocycles. The fourth-order valence-corrected chi connectivity index (χ4v) is 3.52. The molecule has 0 bridgehead atoms. The molecule has 5 heteroatoms. The van der Waals surface area contributed by atoms with Crippen LogP contribution in [0.25, 0.3) is 11.1 Å². The van der Waals surface area contributed by atoms with Gasteiger partial charge in [0, 0.05) is 12.5 Å². The van der Waals surface area contributed by atoms with Crippen LogP contribution >= 0.6 is 0 Å². The molecule has 0 radical (unpaired) electrons. The molecule has 0 aromatic heterocycles. The lowest BCUT2D eigenvalue weighted by molar-refractivity contribution is -0.148. The van der Waals surface area contributed by atoms with E-state index in [0.717, 1.165) is 0 Å². The van der Waals surface area contributed by atoms with Crippen molar-refractivity contribution in [3.63, 3.8) is 0 Å². The Kier molecular flexibility index (Phi) is 5.81. The number of hydrogen-bond acceptors (Lipinski definition) is 5. The minimum atomic E-state index is -0.564. The lowest BCUT2D eigenvalue weighted by atomic mass is 9.97. The van der Waals surface area contributed by atoms with E-state index in [9.17, 15) is 9.59 Å². The Morgan fingerprint density at radius 2 is 1.62 bits per heavy atom. The van der Waals surface area contributed by atoms with Gasteiger partial charge >= 0.3 is 5.97 Å². The Labute approximate surface area is 153 Å². The molecule has 1 aliphatic rings. The summed E-state index contributed by atoms with van der Waals surface area (Å²) in [4.78, 5) is 23.1. The fourth-order valence-electron chi connectivity index (χ4n) is 3.52. The average Bonchev–Trinajstić information content (AvgIpc) is 3.00. The molecule has 4 N–H and O–H groups in total. The zero-order chi connectivity index (χ0) is 18.5. The first-order chi connectivity index (χ1) is 12.7. The van der Waals surface area contributed by atoms with Crippen LogP contribution in [0.15, 0.2) is 48.5 Å². The molecule has 1 aliphatic carbocycles. The van der Waals surface area contributed by atoms with Gasteiger partial charge in [0.15, 0.2) is 0 Å². The molecule has 5 nitrogen and oxygen atoms in total. The van der Waals surface area contributed by atoms with E-state index in [4.69, 9.17) is 16.2 Å². The van der Waals surface area contributed by atoms with Crippen LogP contribution in [0, 0.1) is 5.92 Å². The molecule has 3 rings (SSSR count). The van der Waals surface area contributed by atoms with Crippen molar-refractivity contribution in [1.29, 1.82) is 0 Å². The summed E-state index contributed by atoms with van der Waals surface area (Å²) in [5.41, 5.74) is 16.0. The molecule has 2 aromatic carbocycles. The number of nitrogens with two attached hydrogens (primary N) is 2. The van der Waals surface area contributed by atoms with Crippen LogP contribution in [-0.4, -0.2) is 31.4 Å². The van der Waals surface area contributed by atoms with Gasteiger partial charge in [-0.15, -0.1) is 0 Å². The van der Waals surface area contributed by atoms with Crippen LogP contribution in [0.3, 0.4) is 0 Å². The third kappa shape index (κ3) is 3.69. The molecule has 0 heterocycles. The Balaban J connectivity index is 1.69. The molecule has 1 unspecified atom stereocenters. The van der Waals surface area contributed by atoms with Crippen molar-refractivity contribution < 1.29 is 14.3 Å². The summed E-state index contributed by atoms with van der Waals surface area (Å²) in [7, 11) is 0. The predicted octanol–water partition coefficient (Wildman–Crippen LogP) is 2.22. The van der Waals surface area contributed by atoms with Crippen molar-refractivity contribution in [3.8, 4) is 11.1 Å². The largest absolute Gasteiger partial charge is 0.464 e. The van der Waals surface area contributed by atoms with E-state index in [1.54, 1.807) is 0 Å². The van der Waals surface area contributed by atoms with Crippen molar-refractivity contribution >= 4 is 12.3 Å². The topological polar surface area (TPSA) is 95.4 Å². The van der Waals surface area contributed by atoms with Gasteiger partial charge in [0.1, 0.15) is 12.9 Å². The van der Waals surface area contributed by atoms with Gasteiger partial charge in [-0.25, -0.2) is 0 Å². The molecule has 2 atom stereocenters. The summed E-state index contributed by atoms with van der Waals surface area (Å²) in [5, 5.41) is 0. The number of rotatable bonds is 8. The number of fused-ring (bicyclic) bond motifs is 3. The van der Waals surface area contributed by atoms with E-state index in [0.29, 0.717) is 19.1 Å². The van der Waals surface area contributed by atoms with Crippen LogP contribution in [0.1, 0.15) is 29.9 Å². The first kappa shape index (κ1) is 18.3. The van der Waals surface area contributed by atoms with Crippen LogP contribution < -0.4 is 11.5 Å². The third-order valence-electron chi connectivity index (χ3n) is 5.00. The van der Waals surface area contributed by atoms with Gasteiger partial charge in [-0.3, -0.25) is 4.79 Å². The Bertz CT molecular complexity index is 745. The van der Waals surface area contributed by atoms with Crippen LogP contribution in [-0.2, 0) is 14.3 Å². The number of esters is 1. The molecular formula is C21H24N2O3. The highest BCUT2D eigenvalue weighted by molar-refractivity contribution is 5.79. The molecule has 0 saturated carbocycles. The number of carbonyl (C=O) groups is 2. The first-order valence-electron chi connectivity index (χ1n) is 8.91. The molecule has 0 amide bonds. The predicted molar refractivity (Wildman–Crippen MR) is 100 cm³/mol. The molecular weight excluding hydrogens is 328 g/mol. The van der Waals surface area contributed by atoms with E-state index < -0.39 is 12.0 Å². The van der Waals surface area contributed by atoms with Gasteiger partial charge in [0.2, 0.25) is 0 Å². The van der Waals surface area contributed by atoms with E-state index in [2.05, 4.69) is 24.3 Å². The number of hydrogen-bond donors (Lipinski definition) is 2. The zero-order valence-electron chi connectivity index (χ0n) is 14.6. The summed E-state index contributed by atoms with van der Waals surface area (Å²) in [5.74, 6) is -0.734. The standard InChI is InChI=1S/C21H24N2O3/c22-11-14(9-10-15(23)12-24)21(25)26-13-20-18-7-3-1-5-16(18)17-6-2-4-8-19(17)20/h1-8,12,14-15,20H,9-11,13,22-23H2/t14?,15-/m0/s1. The van der Waals surface area contributed by atoms with Gasteiger partial charge in [-0.1, -0.05) is 48.5 Å². The summed E-state index contributed by atoms with van der Waals surface area (Å²) in [6.45, 7) is 0.464. The van der Waals surface area contributed by atoms with E-state index in [1.165, 1.54) is 22.3 Å². The van der Waals surface area contributed by atoms with Gasteiger partial charge in [-0.2, -0.15) is 0 Å². The maximum absolute atomic E-state index is 12.4. The molecule has 0 spiro atoms. The Hall–Kier alpha value is -2.50. The third-order valence-corrected chi connectivity index (χ3v) is 5.00. The number of benzene rings is 2. The zero-order valence-corrected chi connectivity index (χ0v) is 14.6. The van der Waals surface area contributed by atoms with Crippen molar-refractivity contribution in [1.82, 2.24) is 0 Å². The van der Waals surface area contributed by atoms with Crippen molar-refractivity contribution in [2.45, 2.75) is 24.8 Å². The highest BCUT2D eigenvalue weighted by atomic mass is 16.5. The second-order valence-corrected chi connectivity index (χ2v) is 6.67. The lowest BCUT2D eigenvalue weighted by Gasteiger charge is -2.18. The second-order valence-electron chi connectivity index (χ2n) is 6.67. The lowest BCUT2D eigenvalue weighted by Crippen LogP contribution is -2.30. The minimum absolute atomic E-state index is 0.0296. The highest BCUT2D eigenvalue weighted by Gasteiger charge is 2.30. The van der Waals surface area contributed by atoms with E-state index in [1.807, 2.05) is 24.3 Å². The van der Waals surface area contributed by atoms with Crippen LogP contribution in [0.4, 0.5) is 0 Å². The highest BCUT2D eigenvalue weighted by Crippen LogP contribution is 2.44. The van der Waals surface area contributed by atoms with Crippen molar-refractivity contribution in [2.75, 3.05) is 13.2 Å². The molecule has 0 fully saturated rings. The van der Waals surface area contributed by atoms with Gasteiger partial charge in [0.05, 0.1) is 12.0 Å². The van der Waals surface area contributed by atoms with E-state index >= 15 is 0 Å². The molecule has 0 saturated heterocycles. The normalized spacial score (nSPS) is 15.0. The molecule has 26 heavy (non-hydrogen) atoms. The second kappa shape index (κ2) is 8.25. The maximum Gasteiger partial charge on any atom is 0.310 e. The first-order valence-corrected chi connectivity index (χ1v) is 8.91. The molecule has 2 aromatic rings. The van der Waals surface area contributed by atoms with Crippen molar-refractivity contribution in [3.05, 3.63) is 59.7 Å². The minimum Gasteiger partial charge on any atom is -0.464 e. The average molecular weight is 352 g/mol. The van der Waals surface area contributed by atoms with Crippen LogP contribution in [0.2, 0.25) is 0 Å².